The molecule has 3 fully saturated rings. The minimum Gasteiger partial charge on any atom is -0.462 e. The van der Waals surface area contributed by atoms with Crippen LogP contribution in [-0.2, 0) is 51.6 Å². The summed E-state index contributed by atoms with van der Waals surface area (Å²) in [5.74, 6) is -1.33. The molecule has 80 heavy (non-hydrogen) atoms. The van der Waals surface area contributed by atoms with E-state index in [4.69, 9.17) is 37.5 Å². The van der Waals surface area contributed by atoms with E-state index in [-0.39, 0.29) is 12.8 Å². The van der Waals surface area contributed by atoms with Crippen molar-refractivity contribution >= 4 is 19.8 Å². The van der Waals surface area contributed by atoms with Crippen molar-refractivity contribution in [3.8, 4) is 0 Å². The van der Waals surface area contributed by atoms with E-state index in [0.717, 1.165) is 83.5 Å². The van der Waals surface area contributed by atoms with Gasteiger partial charge in [0.05, 0.1) is 19.8 Å². The molecule has 2 aliphatic heterocycles. The number of unbranched alkanes of at least 4 members (excludes halogenated alkanes) is 24. The van der Waals surface area contributed by atoms with E-state index in [1.54, 1.807) is 0 Å². The number of aliphatic hydroxyl groups is 11. The standard InChI is InChI=1S/C56H103O23P/c1-3-5-7-9-11-13-15-17-19-21-22-24-26-28-30-32-41(59)72-36-38(74-42(60)33-31-29-27-25-23-20-18-16-14-12-10-8-6-4-2)37-73-80(70,71)79-54-52(77-55-50(68)45(63)43(61)39(34-57)75-55)48(66)47(65)49(67)53(54)78-56-51(69)46(64)44(62)40(35-58)76-56/h13,15,38-40,43-58,61-69H,3-12,14,16-37H2,1-2H3,(H,70,71)/b15-13-. The lowest BCUT2D eigenvalue weighted by Crippen LogP contribution is -2.69. The number of hydrogen-bond acceptors (Lipinski definition) is 22. The lowest BCUT2D eigenvalue weighted by Gasteiger charge is -2.49. The van der Waals surface area contributed by atoms with Gasteiger partial charge in [0.1, 0.15) is 92.1 Å². The fourth-order valence-corrected chi connectivity index (χ4v) is 11.0. The number of carbonyl (C=O) groups is 2. The normalized spacial score (nSPS) is 31.3. The summed E-state index contributed by atoms with van der Waals surface area (Å²) < 4.78 is 58.1. The molecule has 3 rings (SSSR count). The van der Waals surface area contributed by atoms with Crippen molar-refractivity contribution in [2.75, 3.05) is 26.4 Å². The molecule has 12 N–H and O–H groups in total. The molecule has 2 saturated heterocycles. The Labute approximate surface area is 473 Å². The third-order valence-corrected chi connectivity index (χ3v) is 16.1. The maximum absolute atomic E-state index is 14.0. The van der Waals surface area contributed by atoms with Gasteiger partial charge in [-0.1, -0.05) is 161 Å². The van der Waals surface area contributed by atoms with Gasteiger partial charge >= 0.3 is 19.8 Å². The lowest BCUT2D eigenvalue weighted by molar-refractivity contribution is -0.360. The van der Waals surface area contributed by atoms with Crippen LogP contribution in [0.3, 0.4) is 0 Å². The smallest absolute Gasteiger partial charge is 0.462 e. The summed E-state index contributed by atoms with van der Waals surface area (Å²) in [5, 5.41) is 117. The van der Waals surface area contributed by atoms with Crippen LogP contribution in [0, 0.1) is 0 Å². The summed E-state index contributed by atoms with van der Waals surface area (Å²) in [4.78, 5) is 37.5. The molecule has 0 bridgehead atoms. The molecule has 2 heterocycles. The predicted octanol–water partition coefficient (Wildman–Crippen LogP) is 4.32. The average molecular weight is 1180 g/mol. The first-order valence-corrected chi connectivity index (χ1v) is 31.5. The van der Waals surface area contributed by atoms with Gasteiger partial charge in [-0.3, -0.25) is 18.6 Å². The Morgan fingerprint density at radius 2 is 0.825 bits per heavy atom. The summed E-state index contributed by atoms with van der Waals surface area (Å²) in [7, 11) is -5.63. The van der Waals surface area contributed by atoms with Gasteiger partial charge in [0.2, 0.25) is 0 Å². The fraction of sp³-hybridized carbons (Fsp3) is 0.929. The molecule has 16 unspecified atom stereocenters. The first kappa shape index (κ1) is 72.4. The largest absolute Gasteiger partial charge is 0.472 e. The fourth-order valence-electron chi connectivity index (χ4n) is 10.1. The Morgan fingerprint density at radius 1 is 0.463 bits per heavy atom. The number of phosphoric acid groups is 1. The van der Waals surface area contributed by atoms with Gasteiger partial charge in [-0.25, -0.2) is 4.57 Å². The molecular weight excluding hydrogens is 1070 g/mol. The zero-order chi connectivity index (χ0) is 58.9. The Bertz CT molecular complexity index is 1640. The summed E-state index contributed by atoms with van der Waals surface area (Å²) in [6.45, 7) is 1.00. The van der Waals surface area contributed by atoms with Crippen molar-refractivity contribution in [1.82, 2.24) is 0 Å². The van der Waals surface area contributed by atoms with Crippen LogP contribution in [0.5, 0.6) is 0 Å². The van der Waals surface area contributed by atoms with Crippen molar-refractivity contribution in [1.29, 1.82) is 0 Å². The van der Waals surface area contributed by atoms with Crippen molar-refractivity contribution in [3.05, 3.63) is 12.2 Å². The molecule has 0 aromatic carbocycles. The van der Waals surface area contributed by atoms with E-state index >= 15 is 0 Å². The van der Waals surface area contributed by atoms with Crippen LogP contribution in [0.1, 0.15) is 200 Å². The third-order valence-electron chi connectivity index (χ3n) is 15.1. The van der Waals surface area contributed by atoms with Crippen molar-refractivity contribution in [2.24, 2.45) is 0 Å². The zero-order valence-corrected chi connectivity index (χ0v) is 48.5. The van der Waals surface area contributed by atoms with Crippen LogP contribution < -0.4 is 0 Å². The molecule has 0 amide bonds. The van der Waals surface area contributed by atoms with Gasteiger partial charge in [-0.2, -0.15) is 0 Å². The molecule has 1 aliphatic carbocycles. The van der Waals surface area contributed by atoms with E-state index in [1.165, 1.54) is 77.0 Å². The van der Waals surface area contributed by atoms with E-state index in [2.05, 4.69) is 26.0 Å². The average Bonchev–Trinajstić information content (AvgIpc) is 3.53. The number of allylic oxidation sites excluding steroid dienone is 2. The van der Waals surface area contributed by atoms with Crippen LogP contribution >= 0.6 is 7.82 Å². The molecular formula is C56H103O23P. The van der Waals surface area contributed by atoms with Gasteiger partial charge in [0, 0.05) is 12.8 Å². The number of carbonyl (C=O) groups excluding carboxylic acids is 2. The van der Waals surface area contributed by atoms with Crippen LogP contribution in [-0.4, -0.2) is 204 Å². The summed E-state index contributed by atoms with van der Waals surface area (Å²) in [5.41, 5.74) is 0. The van der Waals surface area contributed by atoms with Crippen LogP contribution in [0.4, 0.5) is 0 Å². The highest BCUT2D eigenvalue weighted by molar-refractivity contribution is 7.47. The Kier molecular flexibility index (Phi) is 37.4. The molecule has 470 valence electrons. The predicted molar refractivity (Wildman–Crippen MR) is 291 cm³/mol. The molecule has 0 aromatic heterocycles. The van der Waals surface area contributed by atoms with Crippen molar-refractivity contribution in [2.45, 2.75) is 304 Å². The maximum atomic E-state index is 14.0. The number of ether oxygens (including phenoxy) is 6. The van der Waals surface area contributed by atoms with E-state index in [0.29, 0.717) is 12.8 Å². The molecule has 0 aromatic rings. The van der Waals surface area contributed by atoms with Gasteiger partial charge in [0.15, 0.2) is 18.7 Å². The third kappa shape index (κ3) is 26.6. The van der Waals surface area contributed by atoms with Crippen LogP contribution in [0.2, 0.25) is 0 Å². The SMILES string of the molecule is CCCCCC/C=C\CCCCCCCCCC(=O)OCC(COP(=O)(O)OC1C(OC2OC(CO)C(O)C(O)C2O)C(O)C(O)C(O)C1OC1OC(CO)C(O)C(O)C1O)OC(=O)CCCCCCCCCCCCCCCC. The highest BCUT2D eigenvalue weighted by Crippen LogP contribution is 2.49. The molecule has 16 atom stereocenters. The van der Waals surface area contributed by atoms with Gasteiger partial charge in [-0.15, -0.1) is 0 Å². The van der Waals surface area contributed by atoms with Gasteiger partial charge in [-0.05, 0) is 38.5 Å². The first-order chi connectivity index (χ1) is 38.4. The molecule has 1 saturated carbocycles. The van der Waals surface area contributed by atoms with Crippen molar-refractivity contribution in [3.63, 3.8) is 0 Å². The molecule has 24 heteroatoms. The minimum atomic E-state index is -5.63. The number of hydrogen-bond donors (Lipinski definition) is 12. The lowest BCUT2D eigenvalue weighted by atomic mass is 9.84. The number of aliphatic hydroxyl groups excluding tert-OH is 11. The number of esters is 2. The summed E-state index contributed by atoms with van der Waals surface area (Å²) >= 11 is 0. The van der Waals surface area contributed by atoms with Gasteiger partial charge < -0.3 is 89.5 Å². The highest BCUT2D eigenvalue weighted by Gasteiger charge is 2.58. The Morgan fingerprint density at radius 3 is 1.24 bits per heavy atom. The van der Waals surface area contributed by atoms with Crippen LogP contribution in [0.15, 0.2) is 12.2 Å². The van der Waals surface area contributed by atoms with Gasteiger partial charge in [0.25, 0.3) is 0 Å². The molecule has 0 spiro atoms. The minimum absolute atomic E-state index is 0.0281. The number of phosphoric ester groups is 1. The zero-order valence-electron chi connectivity index (χ0n) is 47.6. The number of rotatable bonds is 44. The van der Waals surface area contributed by atoms with E-state index < -0.39 is 150 Å². The monoisotopic (exact) mass is 1170 g/mol. The molecule has 0 radical (unpaired) electrons. The Hall–Kier alpha value is -1.81. The summed E-state index contributed by atoms with van der Waals surface area (Å²) in [6.07, 6.45) is -0.987. The Balaban J connectivity index is 1.69. The summed E-state index contributed by atoms with van der Waals surface area (Å²) in [6, 6.07) is 0. The van der Waals surface area contributed by atoms with E-state index in [9.17, 15) is 75.2 Å². The first-order valence-electron chi connectivity index (χ1n) is 30.0. The van der Waals surface area contributed by atoms with Crippen molar-refractivity contribution < 1.29 is 113 Å². The maximum Gasteiger partial charge on any atom is 0.472 e. The second-order valence-corrected chi connectivity index (χ2v) is 23.3. The second-order valence-electron chi connectivity index (χ2n) is 21.9. The molecule has 23 nitrogen and oxygen atoms in total. The van der Waals surface area contributed by atoms with E-state index in [1.807, 2.05) is 0 Å². The second kappa shape index (κ2) is 41.3. The topological polar surface area (TPSA) is 368 Å². The molecule has 3 aliphatic rings. The van der Waals surface area contributed by atoms with Crippen LogP contribution in [0.25, 0.3) is 0 Å². The highest BCUT2D eigenvalue weighted by atomic mass is 31.2. The quantitative estimate of drug-likeness (QED) is 0.0175.